The molecular weight excluding hydrogens is 394 g/mol. The molecule has 9 heteroatoms. The average molecular weight is 426 g/mol. The number of aromatic nitrogens is 2. The maximum Gasteiger partial charge on any atom is 0.348 e. The van der Waals surface area contributed by atoms with Crippen LogP contribution in [0.25, 0.3) is 10.2 Å². The van der Waals surface area contributed by atoms with Crippen molar-refractivity contribution in [3.63, 3.8) is 0 Å². The van der Waals surface area contributed by atoms with Gasteiger partial charge >= 0.3 is 5.97 Å². The molecule has 162 valence electrons. The molecule has 1 atom stereocenters. The van der Waals surface area contributed by atoms with Crippen molar-refractivity contribution in [1.82, 2.24) is 14.9 Å². The number of thiophene rings is 1. The summed E-state index contributed by atoms with van der Waals surface area (Å²) in [7, 11) is 0. The number of fused-ring (bicyclic) bond motifs is 1. The summed E-state index contributed by atoms with van der Waals surface area (Å²) in [6.45, 7) is 11.5. The van der Waals surface area contributed by atoms with Gasteiger partial charge < -0.3 is 19.6 Å². The summed E-state index contributed by atoms with van der Waals surface area (Å²) >= 11 is 1.17. The zero-order valence-corrected chi connectivity index (χ0v) is 18.6. The van der Waals surface area contributed by atoms with E-state index in [1.165, 1.54) is 11.3 Å². The van der Waals surface area contributed by atoms with Gasteiger partial charge in [-0.3, -0.25) is 9.69 Å². The second-order valence-electron chi connectivity index (χ2n) is 7.24. The molecule has 0 amide bonds. The topological polar surface area (TPSA) is 105 Å². The van der Waals surface area contributed by atoms with Crippen LogP contribution >= 0.6 is 11.3 Å². The monoisotopic (exact) mass is 425 g/mol. The van der Waals surface area contributed by atoms with Gasteiger partial charge in [0.05, 0.1) is 37.4 Å². The number of rotatable bonds is 11. The van der Waals surface area contributed by atoms with E-state index in [0.717, 1.165) is 13.0 Å². The highest BCUT2D eigenvalue weighted by Gasteiger charge is 2.21. The van der Waals surface area contributed by atoms with Gasteiger partial charge in [0.2, 0.25) is 0 Å². The first-order chi connectivity index (χ1) is 13.8. The zero-order chi connectivity index (χ0) is 21.6. The minimum Gasteiger partial charge on any atom is -0.462 e. The van der Waals surface area contributed by atoms with Crippen LogP contribution in [0.3, 0.4) is 0 Å². The lowest BCUT2D eigenvalue weighted by atomic mass is 10.2. The zero-order valence-electron chi connectivity index (χ0n) is 17.8. The number of H-pyrrole nitrogens is 1. The number of ether oxygens (including phenoxy) is 2. The predicted octanol–water partition coefficient (Wildman–Crippen LogP) is 2.47. The SMILES string of the molecule is CCCN(Cc1nc2sc(C(=O)OCC)c(C)c2c(=O)[nH]1)CC(O)COC(C)C. The summed E-state index contributed by atoms with van der Waals surface area (Å²) in [6.07, 6.45) is 0.328. The summed E-state index contributed by atoms with van der Waals surface area (Å²) in [4.78, 5) is 35.1. The van der Waals surface area contributed by atoms with Crippen molar-refractivity contribution in [3.8, 4) is 0 Å². The number of hydrogen-bond acceptors (Lipinski definition) is 8. The number of aryl methyl sites for hydroxylation is 1. The Labute approximate surface area is 174 Å². The number of carbonyl (C=O) groups is 1. The maximum absolute atomic E-state index is 12.6. The summed E-state index contributed by atoms with van der Waals surface area (Å²) < 4.78 is 10.5. The van der Waals surface area contributed by atoms with E-state index in [1.807, 2.05) is 18.7 Å². The molecule has 1 unspecified atom stereocenters. The number of esters is 1. The lowest BCUT2D eigenvalue weighted by molar-refractivity contribution is -0.00977. The van der Waals surface area contributed by atoms with Crippen molar-refractivity contribution in [3.05, 3.63) is 26.6 Å². The third kappa shape index (κ3) is 6.33. The Kier molecular flexibility index (Phi) is 8.76. The van der Waals surface area contributed by atoms with E-state index < -0.39 is 12.1 Å². The third-order valence-corrected chi connectivity index (χ3v) is 5.48. The molecule has 2 aromatic heterocycles. The number of nitrogens with zero attached hydrogens (tertiary/aromatic N) is 2. The first-order valence-corrected chi connectivity index (χ1v) is 10.8. The molecule has 0 aliphatic rings. The largest absolute Gasteiger partial charge is 0.462 e. The second kappa shape index (κ2) is 10.8. The quantitative estimate of drug-likeness (QED) is 0.533. The number of hydrogen-bond donors (Lipinski definition) is 2. The summed E-state index contributed by atoms with van der Waals surface area (Å²) in [5.74, 6) is 0.0689. The number of carbonyl (C=O) groups excluding carboxylic acids is 1. The molecule has 0 saturated carbocycles. The molecule has 0 aliphatic heterocycles. The second-order valence-corrected chi connectivity index (χ2v) is 8.24. The van der Waals surface area contributed by atoms with Crippen LogP contribution in [0.15, 0.2) is 4.79 Å². The Balaban J connectivity index is 2.22. The maximum atomic E-state index is 12.6. The van der Waals surface area contributed by atoms with Crippen LogP contribution in [0.4, 0.5) is 0 Å². The Morgan fingerprint density at radius 2 is 2.07 bits per heavy atom. The molecule has 0 aromatic carbocycles. The van der Waals surface area contributed by atoms with Gasteiger partial charge in [0.15, 0.2) is 0 Å². The van der Waals surface area contributed by atoms with Gasteiger partial charge in [0.25, 0.3) is 5.56 Å². The highest BCUT2D eigenvalue weighted by molar-refractivity contribution is 7.20. The highest BCUT2D eigenvalue weighted by Crippen LogP contribution is 2.27. The van der Waals surface area contributed by atoms with Crippen molar-refractivity contribution in [2.24, 2.45) is 0 Å². The predicted molar refractivity (Wildman–Crippen MR) is 114 cm³/mol. The molecule has 0 aliphatic carbocycles. The third-order valence-electron chi connectivity index (χ3n) is 4.31. The summed E-state index contributed by atoms with van der Waals surface area (Å²) in [6, 6.07) is 0. The van der Waals surface area contributed by atoms with E-state index in [-0.39, 0.29) is 24.9 Å². The number of aromatic amines is 1. The van der Waals surface area contributed by atoms with Crippen LogP contribution in [-0.2, 0) is 16.0 Å². The van der Waals surface area contributed by atoms with Crippen molar-refractivity contribution in [2.75, 3.05) is 26.3 Å². The lowest BCUT2D eigenvalue weighted by Gasteiger charge is -2.24. The molecule has 0 saturated heterocycles. The average Bonchev–Trinajstić information content (AvgIpc) is 2.97. The van der Waals surface area contributed by atoms with Gasteiger partial charge in [-0.25, -0.2) is 9.78 Å². The van der Waals surface area contributed by atoms with Crippen LogP contribution < -0.4 is 5.56 Å². The Bertz CT molecular complexity index is 877. The first-order valence-electron chi connectivity index (χ1n) is 9.98. The van der Waals surface area contributed by atoms with E-state index in [9.17, 15) is 14.7 Å². The van der Waals surface area contributed by atoms with Gasteiger partial charge in [-0.2, -0.15) is 0 Å². The van der Waals surface area contributed by atoms with E-state index in [4.69, 9.17) is 9.47 Å². The van der Waals surface area contributed by atoms with Crippen LogP contribution in [0.2, 0.25) is 0 Å². The standard InChI is InChI=1S/C20H31N3O5S/c1-6-8-23(9-14(24)11-28-12(3)4)10-15-21-18(25)16-13(5)17(20(26)27-7-2)29-19(16)22-15/h12,14,24H,6-11H2,1-5H3,(H,21,22,25). The van der Waals surface area contributed by atoms with Crippen LogP contribution in [-0.4, -0.2) is 64.5 Å². The first kappa shape index (κ1) is 23.5. The van der Waals surface area contributed by atoms with Crippen molar-refractivity contribution < 1.29 is 19.4 Å². The van der Waals surface area contributed by atoms with Crippen molar-refractivity contribution >= 4 is 27.5 Å². The number of aliphatic hydroxyl groups excluding tert-OH is 1. The Morgan fingerprint density at radius 1 is 1.34 bits per heavy atom. The van der Waals surface area contributed by atoms with Gasteiger partial charge in [0, 0.05) is 6.54 Å². The van der Waals surface area contributed by atoms with Gasteiger partial charge in [-0.1, -0.05) is 6.92 Å². The molecule has 2 rings (SSSR count). The van der Waals surface area contributed by atoms with Crippen molar-refractivity contribution in [1.29, 1.82) is 0 Å². The van der Waals surface area contributed by atoms with Crippen LogP contribution in [0.1, 0.15) is 55.2 Å². The smallest absolute Gasteiger partial charge is 0.348 e. The Morgan fingerprint density at radius 3 is 2.69 bits per heavy atom. The van der Waals surface area contributed by atoms with E-state index in [2.05, 4.69) is 16.9 Å². The highest BCUT2D eigenvalue weighted by atomic mass is 32.1. The molecule has 2 heterocycles. The molecule has 8 nitrogen and oxygen atoms in total. The molecule has 0 fully saturated rings. The van der Waals surface area contributed by atoms with Gasteiger partial charge in [-0.15, -0.1) is 11.3 Å². The van der Waals surface area contributed by atoms with Crippen LogP contribution in [0, 0.1) is 6.92 Å². The molecule has 0 spiro atoms. The molecular formula is C20H31N3O5S. The number of nitrogens with one attached hydrogen (secondary N) is 1. The minimum atomic E-state index is -0.626. The minimum absolute atomic E-state index is 0.0559. The van der Waals surface area contributed by atoms with Crippen molar-refractivity contribution in [2.45, 2.75) is 59.8 Å². The molecule has 0 radical (unpaired) electrons. The number of aliphatic hydroxyl groups is 1. The van der Waals surface area contributed by atoms with E-state index in [1.54, 1.807) is 13.8 Å². The summed E-state index contributed by atoms with van der Waals surface area (Å²) in [5.41, 5.74) is 0.324. The molecule has 2 N–H and O–H groups in total. The Hall–Kier alpha value is -1.81. The fourth-order valence-corrected chi connectivity index (χ4v) is 4.17. The van der Waals surface area contributed by atoms with E-state index in [0.29, 0.717) is 39.6 Å². The normalized spacial score (nSPS) is 12.8. The fraction of sp³-hybridized carbons (Fsp3) is 0.650. The fourth-order valence-electron chi connectivity index (χ4n) is 3.07. The van der Waals surface area contributed by atoms with Gasteiger partial charge in [0.1, 0.15) is 15.5 Å². The molecule has 29 heavy (non-hydrogen) atoms. The molecule has 2 aromatic rings. The van der Waals surface area contributed by atoms with Gasteiger partial charge in [-0.05, 0) is 46.2 Å². The van der Waals surface area contributed by atoms with E-state index >= 15 is 0 Å². The van der Waals surface area contributed by atoms with Crippen LogP contribution in [0.5, 0.6) is 0 Å². The summed E-state index contributed by atoms with van der Waals surface area (Å²) in [5, 5.41) is 10.7. The lowest BCUT2D eigenvalue weighted by Crippen LogP contribution is -2.36. The molecule has 0 bridgehead atoms.